The zero-order valence-electron chi connectivity index (χ0n) is 17.7. The molecule has 10 nitrogen and oxygen atoms in total. The van der Waals surface area contributed by atoms with Crippen LogP contribution in [-0.2, 0) is 28.3 Å². The van der Waals surface area contributed by atoms with Gasteiger partial charge in [-0.25, -0.2) is 8.42 Å². The minimum absolute atomic E-state index is 0.0516. The molecule has 11 heteroatoms. The molecule has 4 rings (SSSR count). The number of aromatic nitrogens is 2. The van der Waals surface area contributed by atoms with E-state index < -0.39 is 10.0 Å². The first-order valence-corrected chi connectivity index (χ1v) is 11.8. The minimum Gasteiger partial charge on any atom is -0.355 e. The van der Waals surface area contributed by atoms with Crippen molar-refractivity contribution in [2.24, 2.45) is 12.0 Å². The number of rotatable bonds is 5. The molecule has 0 bridgehead atoms. The standard InChI is InChI=1S/C20H27N7O3S/c1-21-20(25-10-11-26(19(28)15-25)17-13-23-24(2)14-17)22-8-12-31(29,30)27-9-7-16-5-3-4-6-18(16)27/h3-6,13-14H,7-12,15H2,1-2H3,(H,21,22). The number of hydrogen-bond donors (Lipinski definition) is 1. The number of nitrogens with zero attached hydrogens (tertiary/aromatic N) is 6. The maximum atomic E-state index is 12.9. The molecule has 1 aromatic heterocycles. The third-order valence-electron chi connectivity index (χ3n) is 5.56. The summed E-state index contributed by atoms with van der Waals surface area (Å²) in [6.07, 6.45) is 4.21. The van der Waals surface area contributed by atoms with Gasteiger partial charge in [0.25, 0.3) is 0 Å². The van der Waals surface area contributed by atoms with Crippen molar-refractivity contribution in [3.05, 3.63) is 42.2 Å². The lowest BCUT2D eigenvalue weighted by atomic mass is 10.2. The summed E-state index contributed by atoms with van der Waals surface area (Å²) in [6.45, 7) is 1.95. The van der Waals surface area contributed by atoms with Crippen LogP contribution in [0.4, 0.5) is 11.4 Å². The number of nitrogens with one attached hydrogen (secondary N) is 1. The summed E-state index contributed by atoms with van der Waals surface area (Å²) in [4.78, 5) is 20.4. The van der Waals surface area contributed by atoms with Crippen molar-refractivity contribution >= 4 is 33.3 Å². The fourth-order valence-corrected chi connectivity index (χ4v) is 5.43. The molecule has 2 aromatic rings. The molecule has 3 heterocycles. The average molecular weight is 446 g/mol. The number of sulfonamides is 1. The van der Waals surface area contributed by atoms with Crippen molar-refractivity contribution in [3.8, 4) is 0 Å². The molecule has 0 spiro atoms. The van der Waals surface area contributed by atoms with Crippen LogP contribution in [0.25, 0.3) is 0 Å². The number of amides is 1. The van der Waals surface area contributed by atoms with E-state index in [2.05, 4.69) is 15.4 Å². The number of hydrogen-bond acceptors (Lipinski definition) is 5. The number of carbonyl (C=O) groups is 1. The van der Waals surface area contributed by atoms with Crippen LogP contribution in [-0.4, -0.2) is 80.5 Å². The Morgan fingerprint density at radius 2 is 2.03 bits per heavy atom. The van der Waals surface area contributed by atoms with Crippen LogP contribution < -0.4 is 14.5 Å². The first kappa shape index (κ1) is 21.2. The van der Waals surface area contributed by atoms with Gasteiger partial charge in [-0.05, 0) is 18.1 Å². The van der Waals surface area contributed by atoms with Gasteiger partial charge < -0.3 is 15.1 Å². The molecule has 0 saturated carbocycles. The first-order chi connectivity index (χ1) is 14.9. The monoisotopic (exact) mass is 445 g/mol. The summed E-state index contributed by atoms with van der Waals surface area (Å²) < 4.78 is 28.9. The van der Waals surface area contributed by atoms with E-state index in [1.165, 1.54) is 4.31 Å². The quantitative estimate of drug-likeness (QED) is 0.515. The van der Waals surface area contributed by atoms with Gasteiger partial charge in [0.1, 0.15) is 6.54 Å². The van der Waals surface area contributed by atoms with Gasteiger partial charge >= 0.3 is 0 Å². The molecule has 1 aromatic carbocycles. The van der Waals surface area contributed by atoms with Gasteiger partial charge in [-0.1, -0.05) is 18.2 Å². The third-order valence-corrected chi connectivity index (χ3v) is 7.33. The molecule has 1 amide bonds. The summed E-state index contributed by atoms with van der Waals surface area (Å²) in [5.74, 6) is 0.420. The highest BCUT2D eigenvalue weighted by Crippen LogP contribution is 2.29. The number of piperazine rings is 1. The van der Waals surface area contributed by atoms with E-state index in [0.717, 1.165) is 23.4 Å². The van der Waals surface area contributed by atoms with E-state index in [-0.39, 0.29) is 24.7 Å². The largest absolute Gasteiger partial charge is 0.355 e. The van der Waals surface area contributed by atoms with Crippen molar-refractivity contribution in [2.75, 3.05) is 54.7 Å². The van der Waals surface area contributed by atoms with Crippen molar-refractivity contribution in [1.82, 2.24) is 20.0 Å². The Hall–Kier alpha value is -3.08. The molecule has 1 fully saturated rings. The van der Waals surface area contributed by atoms with Crippen LogP contribution in [0, 0.1) is 0 Å². The number of para-hydroxylation sites is 1. The highest BCUT2D eigenvalue weighted by Gasteiger charge is 2.30. The van der Waals surface area contributed by atoms with Gasteiger partial charge in [0.05, 0.1) is 23.3 Å². The predicted molar refractivity (Wildman–Crippen MR) is 120 cm³/mol. The maximum Gasteiger partial charge on any atom is 0.246 e. The normalized spacial score (nSPS) is 17.3. The lowest BCUT2D eigenvalue weighted by Gasteiger charge is -2.35. The number of aliphatic imine (C=N–C) groups is 1. The van der Waals surface area contributed by atoms with Crippen LogP contribution in [0.2, 0.25) is 0 Å². The van der Waals surface area contributed by atoms with Gasteiger partial charge in [0, 0.05) is 46.5 Å². The van der Waals surface area contributed by atoms with Crippen molar-refractivity contribution in [1.29, 1.82) is 0 Å². The average Bonchev–Trinajstić information content (AvgIpc) is 3.38. The molecule has 2 aliphatic heterocycles. The van der Waals surface area contributed by atoms with E-state index in [0.29, 0.717) is 25.6 Å². The summed E-state index contributed by atoms with van der Waals surface area (Å²) in [5.41, 5.74) is 2.59. The Bertz CT molecular complexity index is 1100. The lowest BCUT2D eigenvalue weighted by Crippen LogP contribution is -2.55. The van der Waals surface area contributed by atoms with Gasteiger partial charge in [-0.3, -0.25) is 18.8 Å². The number of benzene rings is 1. The Labute approximate surface area is 182 Å². The van der Waals surface area contributed by atoms with Crippen molar-refractivity contribution in [2.45, 2.75) is 6.42 Å². The number of aryl methyl sites for hydroxylation is 1. The molecule has 0 aliphatic carbocycles. The predicted octanol–water partition coefficient (Wildman–Crippen LogP) is 0.0366. The zero-order valence-corrected chi connectivity index (χ0v) is 18.5. The van der Waals surface area contributed by atoms with Crippen LogP contribution in [0.5, 0.6) is 0 Å². The molecular weight excluding hydrogens is 418 g/mol. The van der Waals surface area contributed by atoms with Crippen LogP contribution in [0.1, 0.15) is 5.56 Å². The van der Waals surface area contributed by atoms with E-state index in [9.17, 15) is 13.2 Å². The molecule has 1 saturated heterocycles. The summed E-state index contributed by atoms with van der Waals surface area (Å²) in [7, 11) is -0.00761. The second-order valence-electron chi connectivity index (χ2n) is 7.58. The molecular formula is C20H27N7O3S. The highest BCUT2D eigenvalue weighted by molar-refractivity contribution is 7.92. The van der Waals surface area contributed by atoms with E-state index >= 15 is 0 Å². The zero-order chi connectivity index (χ0) is 22.0. The summed E-state index contributed by atoms with van der Waals surface area (Å²) in [6, 6.07) is 7.59. The number of carbonyl (C=O) groups excluding carboxylic acids is 1. The molecule has 166 valence electrons. The number of fused-ring (bicyclic) bond motifs is 1. The molecule has 0 atom stereocenters. The second-order valence-corrected chi connectivity index (χ2v) is 9.59. The second kappa shape index (κ2) is 8.58. The topological polar surface area (TPSA) is 103 Å². The third kappa shape index (κ3) is 4.36. The van der Waals surface area contributed by atoms with Crippen LogP contribution in [0.15, 0.2) is 41.7 Å². The fraction of sp³-hybridized carbons (Fsp3) is 0.450. The summed E-state index contributed by atoms with van der Waals surface area (Å²) >= 11 is 0. The minimum atomic E-state index is -3.45. The Morgan fingerprint density at radius 3 is 2.74 bits per heavy atom. The molecule has 0 unspecified atom stereocenters. The van der Waals surface area contributed by atoms with Gasteiger partial charge in [0.2, 0.25) is 15.9 Å². The Morgan fingerprint density at radius 1 is 1.23 bits per heavy atom. The van der Waals surface area contributed by atoms with E-state index in [1.54, 1.807) is 22.8 Å². The van der Waals surface area contributed by atoms with Crippen LogP contribution in [0.3, 0.4) is 0 Å². The highest BCUT2D eigenvalue weighted by atomic mass is 32.2. The van der Waals surface area contributed by atoms with Crippen molar-refractivity contribution < 1.29 is 13.2 Å². The van der Waals surface area contributed by atoms with Gasteiger partial charge in [-0.15, -0.1) is 0 Å². The summed E-state index contributed by atoms with van der Waals surface area (Å²) in [5, 5.41) is 7.22. The number of anilines is 2. The molecule has 31 heavy (non-hydrogen) atoms. The van der Waals surface area contributed by atoms with E-state index in [4.69, 9.17) is 0 Å². The van der Waals surface area contributed by atoms with Gasteiger partial charge in [0.15, 0.2) is 5.96 Å². The first-order valence-electron chi connectivity index (χ1n) is 10.2. The maximum absolute atomic E-state index is 12.9. The fourth-order valence-electron chi connectivity index (χ4n) is 4.01. The smallest absolute Gasteiger partial charge is 0.246 e. The van der Waals surface area contributed by atoms with Crippen LogP contribution >= 0.6 is 0 Å². The van der Waals surface area contributed by atoms with E-state index in [1.807, 2.05) is 42.4 Å². The Kier molecular flexibility index (Phi) is 5.86. The lowest BCUT2D eigenvalue weighted by molar-refractivity contribution is -0.120. The van der Waals surface area contributed by atoms with Crippen molar-refractivity contribution in [3.63, 3.8) is 0 Å². The molecule has 1 N–H and O–H groups in total. The molecule has 0 radical (unpaired) electrons. The Balaban J connectivity index is 1.33. The molecule has 2 aliphatic rings. The SMILES string of the molecule is CN=C(NCCS(=O)(=O)N1CCc2ccccc21)N1CCN(c2cnn(C)c2)C(=O)C1. The van der Waals surface area contributed by atoms with Gasteiger partial charge in [-0.2, -0.15) is 5.10 Å². The number of guanidine groups is 1.